The van der Waals surface area contributed by atoms with Gasteiger partial charge in [0.15, 0.2) is 0 Å². The van der Waals surface area contributed by atoms with E-state index in [1.165, 1.54) is 4.90 Å². The maximum absolute atomic E-state index is 12.0. The predicted octanol–water partition coefficient (Wildman–Crippen LogP) is 3.35. The lowest BCUT2D eigenvalue weighted by Gasteiger charge is -2.29. The number of carbonyl (C=O) groups excluding carboxylic acids is 1. The van der Waals surface area contributed by atoms with Crippen LogP contribution in [0.15, 0.2) is 5.11 Å². The molecule has 0 radical (unpaired) electrons. The van der Waals surface area contributed by atoms with Crippen LogP contribution in [-0.4, -0.2) is 49.4 Å². The molecule has 1 amide bonds. The lowest BCUT2D eigenvalue weighted by Crippen LogP contribution is -2.44. The number of hydrogen-bond acceptors (Lipinski definition) is 4. The van der Waals surface area contributed by atoms with Gasteiger partial charge in [0.25, 0.3) is 0 Å². The maximum atomic E-state index is 12.0. The molecular weight excluding hydrogens is 260 g/mol. The van der Waals surface area contributed by atoms with Crippen LogP contribution in [0.1, 0.15) is 40.5 Å². The first-order chi connectivity index (χ1) is 9.31. The second-order valence-electron chi connectivity index (χ2n) is 5.59. The fraction of sp³-hybridized carbons (Fsp3) is 0.923. The number of carbonyl (C=O) groups is 1. The molecule has 7 nitrogen and oxygen atoms in total. The Morgan fingerprint density at radius 2 is 2.10 bits per heavy atom. The summed E-state index contributed by atoms with van der Waals surface area (Å²) in [5.41, 5.74) is 7.86. The van der Waals surface area contributed by atoms with Crippen molar-refractivity contribution in [3.8, 4) is 0 Å². The van der Waals surface area contributed by atoms with Crippen molar-refractivity contribution in [3.05, 3.63) is 10.4 Å². The van der Waals surface area contributed by atoms with Crippen LogP contribution in [0.5, 0.6) is 0 Å². The van der Waals surface area contributed by atoms with E-state index in [1.807, 2.05) is 0 Å². The van der Waals surface area contributed by atoms with Crippen molar-refractivity contribution in [1.82, 2.24) is 4.90 Å². The topological polar surface area (TPSA) is 87.5 Å². The summed E-state index contributed by atoms with van der Waals surface area (Å²) in [4.78, 5) is 16.1. The van der Waals surface area contributed by atoms with Gasteiger partial charge in [-0.2, -0.15) is 0 Å². The zero-order valence-electron chi connectivity index (χ0n) is 13.1. The Morgan fingerprint density at radius 3 is 2.60 bits per heavy atom. The fourth-order valence-corrected chi connectivity index (χ4v) is 1.37. The summed E-state index contributed by atoms with van der Waals surface area (Å²) in [6.45, 7) is 8.61. The van der Waals surface area contributed by atoms with Crippen molar-refractivity contribution < 1.29 is 14.3 Å². The highest BCUT2D eigenvalue weighted by Gasteiger charge is 2.25. The third-order valence-corrected chi connectivity index (χ3v) is 2.54. The Hall–Kier alpha value is -1.46. The minimum atomic E-state index is -0.558. The molecule has 0 heterocycles. The summed E-state index contributed by atoms with van der Waals surface area (Å²) < 4.78 is 10.8. The minimum absolute atomic E-state index is 0.165. The van der Waals surface area contributed by atoms with Gasteiger partial charge in [-0.05, 0) is 32.7 Å². The van der Waals surface area contributed by atoms with E-state index in [0.717, 1.165) is 12.8 Å². The van der Waals surface area contributed by atoms with Crippen molar-refractivity contribution >= 4 is 6.09 Å². The highest BCUT2D eigenvalue weighted by Crippen LogP contribution is 2.11. The molecule has 0 aliphatic heterocycles. The number of unbranched alkanes of at least 4 members (excludes halogenated alkanes) is 1. The molecule has 0 aliphatic carbocycles. The van der Waals surface area contributed by atoms with Crippen LogP contribution < -0.4 is 0 Å². The second kappa shape index (κ2) is 9.44. The molecule has 0 N–H and O–H groups in total. The molecule has 0 aromatic heterocycles. The Labute approximate surface area is 120 Å². The first-order valence-electron chi connectivity index (χ1n) is 6.86. The van der Waals surface area contributed by atoms with Gasteiger partial charge in [0.05, 0.1) is 12.6 Å². The summed E-state index contributed by atoms with van der Waals surface area (Å²) in [5, 5.41) is 3.52. The predicted molar refractivity (Wildman–Crippen MR) is 77.5 cm³/mol. The summed E-state index contributed by atoms with van der Waals surface area (Å²) in [6, 6.07) is -0.322. The molecule has 0 rings (SSSR count). The molecule has 0 spiro atoms. The van der Waals surface area contributed by atoms with E-state index in [4.69, 9.17) is 15.0 Å². The Kier molecular flexibility index (Phi) is 8.76. The average Bonchev–Trinajstić information content (AvgIpc) is 2.35. The van der Waals surface area contributed by atoms with Crippen LogP contribution in [0.25, 0.3) is 10.4 Å². The van der Waals surface area contributed by atoms with Gasteiger partial charge in [-0.15, -0.1) is 0 Å². The molecule has 116 valence electrons. The molecule has 0 aromatic rings. The fourth-order valence-electron chi connectivity index (χ4n) is 1.37. The standard InChI is InChI=1S/C13H26N4O3/c1-6-7-8-19-10-11(9-15-16-14)17(5)12(18)20-13(2,3)4/h11H,6-10H2,1-5H3/t11-/m0/s1. The van der Waals surface area contributed by atoms with Gasteiger partial charge < -0.3 is 14.4 Å². The van der Waals surface area contributed by atoms with Crippen molar-refractivity contribution in [1.29, 1.82) is 0 Å². The molecule has 0 fully saturated rings. The van der Waals surface area contributed by atoms with Gasteiger partial charge in [0.2, 0.25) is 0 Å². The summed E-state index contributed by atoms with van der Waals surface area (Å²) in [5.74, 6) is 0. The van der Waals surface area contributed by atoms with Crippen molar-refractivity contribution in [2.45, 2.75) is 52.2 Å². The quantitative estimate of drug-likeness (QED) is 0.296. The molecular formula is C13H26N4O3. The van der Waals surface area contributed by atoms with Crippen LogP contribution in [0, 0.1) is 0 Å². The monoisotopic (exact) mass is 286 g/mol. The Bertz CT molecular complexity index is 335. The molecule has 20 heavy (non-hydrogen) atoms. The smallest absolute Gasteiger partial charge is 0.410 e. The first-order valence-corrected chi connectivity index (χ1v) is 6.86. The van der Waals surface area contributed by atoms with Crippen molar-refractivity contribution in [2.24, 2.45) is 5.11 Å². The number of ether oxygens (including phenoxy) is 2. The lowest BCUT2D eigenvalue weighted by atomic mass is 10.2. The number of amides is 1. The molecule has 0 aromatic carbocycles. The highest BCUT2D eigenvalue weighted by atomic mass is 16.6. The summed E-state index contributed by atoms with van der Waals surface area (Å²) in [7, 11) is 1.62. The molecule has 0 aliphatic rings. The SMILES string of the molecule is CCCCOC[C@H](CN=[N+]=[N-])N(C)C(=O)OC(C)(C)C. The normalized spacial score (nSPS) is 12.4. The van der Waals surface area contributed by atoms with Crippen molar-refractivity contribution in [2.75, 3.05) is 26.8 Å². The molecule has 0 bridgehead atoms. The first kappa shape index (κ1) is 18.5. The average molecular weight is 286 g/mol. The number of hydrogen-bond donors (Lipinski definition) is 0. The molecule has 0 unspecified atom stereocenters. The third kappa shape index (κ3) is 8.61. The van der Waals surface area contributed by atoms with E-state index in [2.05, 4.69) is 16.9 Å². The van der Waals surface area contributed by atoms with Gasteiger partial charge in [0, 0.05) is 25.1 Å². The Morgan fingerprint density at radius 1 is 1.45 bits per heavy atom. The highest BCUT2D eigenvalue weighted by molar-refractivity contribution is 5.68. The van der Waals surface area contributed by atoms with E-state index in [1.54, 1.807) is 27.8 Å². The molecule has 7 heteroatoms. The number of likely N-dealkylation sites (N-methyl/N-ethyl adjacent to an activating group) is 1. The van der Waals surface area contributed by atoms with Crippen LogP contribution in [0.2, 0.25) is 0 Å². The maximum Gasteiger partial charge on any atom is 0.410 e. The van der Waals surface area contributed by atoms with Gasteiger partial charge in [-0.1, -0.05) is 18.5 Å². The van der Waals surface area contributed by atoms with Gasteiger partial charge in [0.1, 0.15) is 5.60 Å². The third-order valence-electron chi connectivity index (χ3n) is 2.54. The second-order valence-corrected chi connectivity index (χ2v) is 5.59. The summed E-state index contributed by atoms with van der Waals surface area (Å²) in [6.07, 6.45) is 1.56. The van der Waals surface area contributed by atoms with E-state index >= 15 is 0 Å². The van der Waals surface area contributed by atoms with Crippen molar-refractivity contribution in [3.63, 3.8) is 0 Å². The zero-order chi connectivity index (χ0) is 15.6. The number of rotatable bonds is 8. The van der Waals surface area contributed by atoms with E-state index < -0.39 is 11.7 Å². The van der Waals surface area contributed by atoms with E-state index in [0.29, 0.717) is 13.2 Å². The lowest BCUT2D eigenvalue weighted by molar-refractivity contribution is 0.00938. The minimum Gasteiger partial charge on any atom is -0.444 e. The largest absolute Gasteiger partial charge is 0.444 e. The molecule has 0 saturated heterocycles. The van der Waals surface area contributed by atoms with Gasteiger partial charge in [-0.25, -0.2) is 4.79 Å². The van der Waals surface area contributed by atoms with Crippen LogP contribution in [0.4, 0.5) is 4.79 Å². The van der Waals surface area contributed by atoms with Crippen LogP contribution in [0.3, 0.4) is 0 Å². The van der Waals surface area contributed by atoms with Crippen LogP contribution in [-0.2, 0) is 9.47 Å². The number of azide groups is 1. The molecule has 0 saturated carbocycles. The Balaban J connectivity index is 4.49. The van der Waals surface area contributed by atoms with Gasteiger partial charge >= 0.3 is 6.09 Å². The van der Waals surface area contributed by atoms with Gasteiger partial charge in [-0.3, -0.25) is 0 Å². The molecule has 1 atom stereocenters. The van der Waals surface area contributed by atoms with E-state index in [9.17, 15) is 4.79 Å². The van der Waals surface area contributed by atoms with Crippen LogP contribution >= 0.6 is 0 Å². The number of nitrogens with zero attached hydrogens (tertiary/aromatic N) is 4. The summed E-state index contributed by atoms with van der Waals surface area (Å²) >= 11 is 0. The van der Waals surface area contributed by atoms with E-state index in [-0.39, 0.29) is 12.6 Å². The zero-order valence-corrected chi connectivity index (χ0v) is 13.1.